The van der Waals surface area contributed by atoms with Crippen LogP contribution in [0.15, 0.2) is 30.0 Å². The van der Waals surface area contributed by atoms with Crippen molar-refractivity contribution in [2.24, 2.45) is 0 Å². The fourth-order valence-electron chi connectivity index (χ4n) is 2.08. The first-order valence-corrected chi connectivity index (χ1v) is 7.67. The number of benzene rings is 1. The van der Waals surface area contributed by atoms with Crippen LogP contribution in [-0.4, -0.2) is 48.7 Å². The van der Waals surface area contributed by atoms with Crippen molar-refractivity contribution in [3.05, 3.63) is 35.5 Å². The molecule has 25 heavy (non-hydrogen) atoms. The Morgan fingerprint density at radius 3 is 2.24 bits per heavy atom. The largest absolute Gasteiger partial charge is 0.496 e. The predicted molar refractivity (Wildman–Crippen MR) is 90.8 cm³/mol. The Labute approximate surface area is 146 Å². The lowest BCUT2D eigenvalue weighted by molar-refractivity contribution is -0.136. The molecule has 8 nitrogen and oxygen atoms in total. The summed E-state index contributed by atoms with van der Waals surface area (Å²) in [6, 6.07) is 6.69. The minimum absolute atomic E-state index is 0.129. The molecule has 0 radical (unpaired) electrons. The number of aliphatic carboxylic acids is 1. The van der Waals surface area contributed by atoms with Gasteiger partial charge in [-0.25, -0.2) is 4.79 Å². The number of imide groups is 1. The number of hydrogen-bond acceptors (Lipinski definition) is 5. The van der Waals surface area contributed by atoms with Crippen LogP contribution in [0.2, 0.25) is 0 Å². The third-order valence-corrected chi connectivity index (χ3v) is 3.34. The number of carboxylic acid groups (broad SMARTS) is 1. The molecule has 1 aromatic rings. The minimum Gasteiger partial charge on any atom is -0.496 e. The highest BCUT2D eigenvalue weighted by molar-refractivity contribution is 6.15. The van der Waals surface area contributed by atoms with E-state index in [1.807, 2.05) is 6.07 Å². The molecular formula is C17H22N2O6. The molecule has 0 aromatic heterocycles. The maximum Gasteiger partial charge on any atom is 0.329 e. The average Bonchev–Trinajstić information content (AvgIpc) is 2.90. The fourth-order valence-corrected chi connectivity index (χ4v) is 2.08. The number of carbonyl (C=O) groups is 3. The summed E-state index contributed by atoms with van der Waals surface area (Å²) in [5, 5.41) is 10.3. The normalized spacial score (nSPS) is 15.1. The molecule has 3 amide bonds. The van der Waals surface area contributed by atoms with Crippen LogP contribution in [0.3, 0.4) is 0 Å². The van der Waals surface area contributed by atoms with E-state index in [1.165, 1.54) is 14.2 Å². The standard InChI is InChI=1S/C14H16N2O4.C3H6O2/c1-4-16-13(17)11(15-14(16)18)12(20-3)9-7-5-6-8-10(9)19-2;1-2-3(4)5/h5-8H,4H2,1-3H3,(H,15,18);2H2,1H3,(H,4,5). The first-order valence-electron chi connectivity index (χ1n) is 7.67. The van der Waals surface area contributed by atoms with E-state index < -0.39 is 17.9 Å². The van der Waals surface area contributed by atoms with Crippen molar-refractivity contribution in [2.75, 3.05) is 20.8 Å². The van der Waals surface area contributed by atoms with Crippen molar-refractivity contribution in [1.82, 2.24) is 10.2 Å². The van der Waals surface area contributed by atoms with Gasteiger partial charge in [0.1, 0.15) is 5.75 Å². The van der Waals surface area contributed by atoms with Crippen molar-refractivity contribution >= 4 is 23.7 Å². The first-order chi connectivity index (χ1) is 11.9. The Morgan fingerprint density at radius 1 is 1.20 bits per heavy atom. The average molecular weight is 350 g/mol. The second-order valence-electron chi connectivity index (χ2n) is 4.84. The Kier molecular flexibility index (Phi) is 7.45. The van der Waals surface area contributed by atoms with Gasteiger partial charge in [0, 0.05) is 13.0 Å². The fraction of sp³-hybridized carbons (Fsp3) is 0.353. The van der Waals surface area contributed by atoms with Gasteiger partial charge in [-0.3, -0.25) is 19.8 Å². The van der Waals surface area contributed by atoms with Gasteiger partial charge in [0.2, 0.25) is 0 Å². The van der Waals surface area contributed by atoms with E-state index >= 15 is 0 Å². The number of methoxy groups -OCH3 is 2. The summed E-state index contributed by atoms with van der Waals surface area (Å²) in [7, 11) is 2.98. The van der Waals surface area contributed by atoms with E-state index in [9.17, 15) is 14.4 Å². The van der Waals surface area contributed by atoms with Gasteiger partial charge in [-0.15, -0.1) is 0 Å². The number of likely N-dealkylation sites (N-methyl/N-ethyl adjacent to an activating group) is 1. The van der Waals surface area contributed by atoms with E-state index in [0.29, 0.717) is 17.9 Å². The SMILES string of the molecule is CCC(=O)O.CCN1C(=O)NC(=C(OC)c2ccccc2OC)C1=O. The van der Waals surface area contributed by atoms with Gasteiger partial charge in [0.25, 0.3) is 5.91 Å². The van der Waals surface area contributed by atoms with Crippen LogP contribution in [0.1, 0.15) is 25.8 Å². The number of nitrogens with one attached hydrogen (secondary N) is 1. The van der Waals surface area contributed by atoms with Crippen molar-refractivity contribution < 1.29 is 29.0 Å². The summed E-state index contributed by atoms with van der Waals surface area (Å²) in [4.78, 5) is 34.4. The molecule has 2 N–H and O–H groups in total. The smallest absolute Gasteiger partial charge is 0.329 e. The summed E-state index contributed by atoms with van der Waals surface area (Å²) in [5.74, 6) is -0.296. The highest BCUT2D eigenvalue weighted by Crippen LogP contribution is 2.29. The Balaban J connectivity index is 0.000000550. The lowest BCUT2D eigenvalue weighted by Gasteiger charge is -2.12. The van der Waals surface area contributed by atoms with Crippen LogP contribution in [0.5, 0.6) is 5.75 Å². The van der Waals surface area contributed by atoms with Gasteiger partial charge in [-0.05, 0) is 19.1 Å². The first kappa shape index (κ1) is 20.0. The molecule has 0 unspecified atom stereocenters. The van der Waals surface area contributed by atoms with Crippen LogP contribution in [-0.2, 0) is 14.3 Å². The predicted octanol–water partition coefficient (Wildman–Crippen LogP) is 2.06. The van der Waals surface area contributed by atoms with Gasteiger partial charge in [-0.1, -0.05) is 19.1 Å². The Bertz CT molecular complexity index is 683. The highest BCUT2D eigenvalue weighted by Gasteiger charge is 2.36. The second kappa shape index (κ2) is 9.31. The monoisotopic (exact) mass is 350 g/mol. The van der Waals surface area contributed by atoms with Gasteiger partial charge in [-0.2, -0.15) is 0 Å². The molecule has 0 saturated carbocycles. The molecule has 0 aliphatic carbocycles. The number of urea groups is 1. The topological polar surface area (TPSA) is 105 Å². The van der Waals surface area contributed by atoms with Crippen molar-refractivity contribution in [2.45, 2.75) is 20.3 Å². The third kappa shape index (κ3) is 4.72. The molecule has 0 bridgehead atoms. The number of amides is 3. The summed E-state index contributed by atoms with van der Waals surface area (Å²) < 4.78 is 10.6. The maximum atomic E-state index is 12.2. The number of carbonyl (C=O) groups excluding carboxylic acids is 2. The third-order valence-electron chi connectivity index (χ3n) is 3.34. The van der Waals surface area contributed by atoms with Gasteiger partial charge < -0.3 is 14.6 Å². The second-order valence-corrected chi connectivity index (χ2v) is 4.84. The molecule has 1 aromatic carbocycles. The van der Waals surface area contributed by atoms with E-state index in [4.69, 9.17) is 14.6 Å². The molecule has 1 fully saturated rings. The number of nitrogens with zero attached hydrogens (tertiary/aromatic N) is 1. The molecule has 0 spiro atoms. The summed E-state index contributed by atoms with van der Waals surface area (Å²) in [6.07, 6.45) is 0.222. The van der Waals surface area contributed by atoms with Crippen LogP contribution in [0.4, 0.5) is 4.79 Å². The lowest BCUT2D eigenvalue weighted by atomic mass is 10.1. The minimum atomic E-state index is -0.745. The lowest BCUT2D eigenvalue weighted by Crippen LogP contribution is -2.30. The molecule has 1 aliphatic rings. The van der Waals surface area contributed by atoms with Gasteiger partial charge in [0.05, 0.1) is 19.8 Å². The summed E-state index contributed by atoms with van der Waals surface area (Å²) in [6.45, 7) is 3.63. The zero-order chi connectivity index (χ0) is 19.0. The number of para-hydroxylation sites is 1. The summed E-state index contributed by atoms with van der Waals surface area (Å²) in [5.41, 5.74) is 0.739. The van der Waals surface area contributed by atoms with Crippen LogP contribution < -0.4 is 10.1 Å². The van der Waals surface area contributed by atoms with E-state index in [2.05, 4.69) is 5.32 Å². The van der Waals surface area contributed by atoms with Crippen molar-refractivity contribution in [1.29, 1.82) is 0 Å². The number of rotatable bonds is 5. The Hall–Kier alpha value is -3.03. The molecule has 136 valence electrons. The number of carboxylic acids is 1. The van der Waals surface area contributed by atoms with Crippen LogP contribution in [0, 0.1) is 0 Å². The van der Waals surface area contributed by atoms with Crippen LogP contribution >= 0.6 is 0 Å². The number of ether oxygens (including phenoxy) is 2. The van der Waals surface area contributed by atoms with E-state index in [1.54, 1.807) is 32.0 Å². The molecule has 1 saturated heterocycles. The molecule has 2 rings (SSSR count). The Morgan fingerprint density at radius 2 is 1.80 bits per heavy atom. The summed E-state index contributed by atoms with van der Waals surface area (Å²) >= 11 is 0. The van der Waals surface area contributed by atoms with E-state index in [-0.39, 0.29) is 17.9 Å². The van der Waals surface area contributed by atoms with Crippen molar-refractivity contribution in [3.8, 4) is 5.75 Å². The number of hydrogen-bond donors (Lipinski definition) is 2. The molecule has 0 atom stereocenters. The molecular weight excluding hydrogens is 328 g/mol. The zero-order valence-corrected chi connectivity index (χ0v) is 14.7. The van der Waals surface area contributed by atoms with Gasteiger partial charge >= 0.3 is 12.0 Å². The van der Waals surface area contributed by atoms with E-state index in [0.717, 1.165) is 4.90 Å². The van der Waals surface area contributed by atoms with Gasteiger partial charge in [0.15, 0.2) is 11.5 Å². The molecule has 1 aliphatic heterocycles. The molecule has 1 heterocycles. The van der Waals surface area contributed by atoms with Crippen molar-refractivity contribution in [3.63, 3.8) is 0 Å². The quantitative estimate of drug-likeness (QED) is 0.478. The maximum absolute atomic E-state index is 12.2. The van der Waals surface area contributed by atoms with Crippen LogP contribution in [0.25, 0.3) is 5.76 Å². The zero-order valence-electron chi connectivity index (χ0n) is 14.7. The highest BCUT2D eigenvalue weighted by atomic mass is 16.5. The molecule has 8 heteroatoms.